The Bertz CT molecular complexity index is 626. The van der Waals surface area contributed by atoms with Crippen LogP contribution in [0.1, 0.15) is 50.0 Å². The van der Waals surface area contributed by atoms with Crippen molar-refractivity contribution in [2.24, 2.45) is 5.92 Å². The fraction of sp³-hybridized carbons (Fsp3) is 0.529. The lowest BCUT2D eigenvalue weighted by Gasteiger charge is -2.30. The summed E-state index contributed by atoms with van der Waals surface area (Å²) in [5.74, 6) is 0.549. The van der Waals surface area contributed by atoms with E-state index in [2.05, 4.69) is 28.9 Å². The first-order valence-electron chi connectivity index (χ1n) is 7.91. The quantitative estimate of drug-likeness (QED) is 0.933. The van der Waals surface area contributed by atoms with Crippen molar-refractivity contribution in [1.82, 2.24) is 15.1 Å². The van der Waals surface area contributed by atoms with E-state index in [0.29, 0.717) is 17.7 Å². The number of hydrogen-bond acceptors (Lipinski definition) is 2. The molecule has 112 valence electrons. The number of rotatable bonds is 4. The first-order valence-corrected chi connectivity index (χ1v) is 7.91. The van der Waals surface area contributed by atoms with Gasteiger partial charge in [0.1, 0.15) is 0 Å². The Morgan fingerprint density at radius 2 is 2.05 bits per heavy atom. The molecule has 0 saturated heterocycles. The van der Waals surface area contributed by atoms with E-state index in [0.717, 1.165) is 30.3 Å². The second kappa shape index (κ2) is 5.88. The summed E-state index contributed by atoms with van der Waals surface area (Å²) in [5, 5.41) is 8.17. The Kier molecular flexibility index (Phi) is 3.95. The highest BCUT2D eigenvalue weighted by molar-refractivity contribution is 6.04. The number of para-hydroxylation sites is 1. The molecule has 4 heteroatoms. The molecule has 1 saturated carbocycles. The van der Waals surface area contributed by atoms with Gasteiger partial charge >= 0.3 is 0 Å². The maximum atomic E-state index is 13.0. The number of nitrogens with zero attached hydrogens (tertiary/aromatic N) is 2. The van der Waals surface area contributed by atoms with E-state index in [4.69, 9.17) is 0 Å². The molecule has 1 aromatic heterocycles. The molecule has 2 aromatic rings. The number of carbonyl (C=O) groups excluding carboxylic acids is 1. The van der Waals surface area contributed by atoms with Gasteiger partial charge in [-0.15, -0.1) is 0 Å². The minimum Gasteiger partial charge on any atom is -0.334 e. The number of aromatic amines is 1. The van der Waals surface area contributed by atoms with Crippen molar-refractivity contribution in [1.29, 1.82) is 0 Å². The Morgan fingerprint density at radius 3 is 2.76 bits per heavy atom. The highest BCUT2D eigenvalue weighted by Gasteiger charge is 2.29. The Balaban J connectivity index is 1.92. The number of carbonyl (C=O) groups is 1. The maximum Gasteiger partial charge on any atom is 0.275 e. The van der Waals surface area contributed by atoms with Gasteiger partial charge in [-0.05, 0) is 24.8 Å². The van der Waals surface area contributed by atoms with Crippen LogP contribution in [0.2, 0.25) is 0 Å². The number of hydrogen-bond donors (Lipinski definition) is 1. The van der Waals surface area contributed by atoms with Gasteiger partial charge in [0.15, 0.2) is 5.69 Å². The molecule has 1 aliphatic rings. The number of aromatic nitrogens is 2. The third kappa shape index (κ3) is 2.80. The zero-order chi connectivity index (χ0) is 14.8. The van der Waals surface area contributed by atoms with Gasteiger partial charge in [-0.1, -0.05) is 44.9 Å². The summed E-state index contributed by atoms with van der Waals surface area (Å²) in [4.78, 5) is 15.0. The van der Waals surface area contributed by atoms with Gasteiger partial charge in [0.2, 0.25) is 0 Å². The highest BCUT2D eigenvalue weighted by Crippen LogP contribution is 2.27. The molecule has 0 radical (unpaired) electrons. The summed E-state index contributed by atoms with van der Waals surface area (Å²) in [6, 6.07) is 8.22. The number of fused-ring (bicyclic) bond motifs is 1. The lowest BCUT2D eigenvalue weighted by molar-refractivity contribution is 0.0651. The summed E-state index contributed by atoms with van der Waals surface area (Å²) in [5.41, 5.74) is 1.50. The largest absolute Gasteiger partial charge is 0.334 e. The molecule has 0 unspecified atom stereocenters. The smallest absolute Gasteiger partial charge is 0.275 e. The van der Waals surface area contributed by atoms with Gasteiger partial charge in [-0.3, -0.25) is 9.89 Å². The molecule has 4 nitrogen and oxygen atoms in total. The lowest BCUT2D eigenvalue weighted by atomic mass is 10.1. The van der Waals surface area contributed by atoms with Crippen LogP contribution in [0.4, 0.5) is 0 Å². The molecule has 21 heavy (non-hydrogen) atoms. The number of H-pyrrole nitrogens is 1. The fourth-order valence-electron chi connectivity index (χ4n) is 3.27. The van der Waals surface area contributed by atoms with Crippen LogP contribution >= 0.6 is 0 Å². The Morgan fingerprint density at radius 1 is 1.33 bits per heavy atom. The van der Waals surface area contributed by atoms with Crippen LogP contribution < -0.4 is 0 Å². The van der Waals surface area contributed by atoms with E-state index >= 15 is 0 Å². The van der Waals surface area contributed by atoms with E-state index in [-0.39, 0.29) is 5.91 Å². The molecule has 1 amide bonds. The van der Waals surface area contributed by atoms with Crippen molar-refractivity contribution in [3.8, 4) is 0 Å². The average Bonchev–Trinajstić information content (AvgIpc) is 3.13. The molecule has 1 fully saturated rings. The molecule has 0 spiro atoms. The van der Waals surface area contributed by atoms with E-state index in [9.17, 15) is 4.79 Å². The third-order valence-corrected chi connectivity index (χ3v) is 4.26. The maximum absolute atomic E-state index is 13.0. The Hall–Kier alpha value is -1.84. The molecule has 1 aliphatic carbocycles. The van der Waals surface area contributed by atoms with E-state index in [1.807, 2.05) is 24.3 Å². The zero-order valence-electron chi connectivity index (χ0n) is 12.8. The van der Waals surface area contributed by atoms with Crippen molar-refractivity contribution in [2.45, 2.75) is 45.6 Å². The minimum absolute atomic E-state index is 0.0769. The summed E-state index contributed by atoms with van der Waals surface area (Å²) in [7, 11) is 0. The number of benzene rings is 1. The minimum atomic E-state index is 0.0769. The molecular formula is C17H23N3O. The SMILES string of the molecule is CC(C)CN(C(=O)c1n[nH]c2ccccc12)C1CCCC1. The first-order chi connectivity index (χ1) is 10.2. The van der Waals surface area contributed by atoms with Crippen LogP contribution in [0.25, 0.3) is 10.9 Å². The number of nitrogens with one attached hydrogen (secondary N) is 1. The van der Waals surface area contributed by atoms with Crippen LogP contribution in [-0.4, -0.2) is 33.6 Å². The fourth-order valence-corrected chi connectivity index (χ4v) is 3.27. The summed E-state index contributed by atoms with van der Waals surface area (Å²) >= 11 is 0. The van der Waals surface area contributed by atoms with E-state index < -0.39 is 0 Å². The van der Waals surface area contributed by atoms with Gasteiger partial charge in [0, 0.05) is 18.0 Å². The van der Waals surface area contributed by atoms with Gasteiger partial charge < -0.3 is 4.90 Å². The third-order valence-electron chi connectivity index (χ3n) is 4.26. The van der Waals surface area contributed by atoms with Crippen molar-refractivity contribution in [3.05, 3.63) is 30.0 Å². The molecule has 1 aromatic carbocycles. The molecule has 1 N–H and O–H groups in total. The molecule has 3 rings (SSSR count). The van der Waals surface area contributed by atoms with Crippen LogP contribution in [-0.2, 0) is 0 Å². The van der Waals surface area contributed by atoms with Crippen LogP contribution in [0.5, 0.6) is 0 Å². The molecule has 1 heterocycles. The molecule has 0 aliphatic heterocycles. The first kappa shape index (κ1) is 14.1. The summed E-state index contributed by atoms with van der Waals surface area (Å²) < 4.78 is 0. The zero-order valence-corrected chi connectivity index (χ0v) is 12.8. The second-order valence-electron chi connectivity index (χ2n) is 6.41. The average molecular weight is 285 g/mol. The number of amides is 1. The van der Waals surface area contributed by atoms with E-state index in [1.54, 1.807) is 0 Å². The van der Waals surface area contributed by atoms with Crippen LogP contribution in [0.15, 0.2) is 24.3 Å². The summed E-state index contributed by atoms with van der Waals surface area (Å²) in [6.45, 7) is 5.14. The topological polar surface area (TPSA) is 49.0 Å². The Labute approximate surface area is 125 Å². The van der Waals surface area contributed by atoms with E-state index in [1.165, 1.54) is 12.8 Å². The van der Waals surface area contributed by atoms with Crippen molar-refractivity contribution in [2.75, 3.05) is 6.54 Å². The normalized spacial score (nSPS) is 16.0. The molecular weight excluding hydrogens is 262 g/mol. The standard InChI is InChI=1S/C17H23N3O/c1-12(2)11-20(13-7-3-4-8-13)17(21)16-14-9-5-6-10-15(14)18-19-16/h5-6,9-10,12-13H,3-4,7-8,11H2,1-2H3,(H,18,19). The summed E-state index contributed by atoms with van der Waals surface area (Å²) in [6.07, 6.45) is 4.71. The second-order valence-corrected chi connectivity index (χ2v) is 6.41. The van der Waals surface area contributed by atoms with Gasteiger partial charge in [-0.25, -0.2) is 0 Å². The van der Waals surface area contributed by atoms with Crippen molar-refractivity contribution >= 4 is 16.8 Å². The van der Waals surface area contributed by atoms with Crippen molar-refractivity contribution in [3.63, 3.8) is 0 Å². The highest BCUT2D eigenvalue weighted by atomic mass is 16.2. The van der Waals surface area contributed by atoms with Crippen LogP contribution in [0.3, 0.4) is 0 Å². The predicted octanol–water partition coefficient (Wildman–Crippen LogP) is 3.60. The van der Waals surface area contributed by atoms with Crippen LogP contribution in [0, 0.1) is 5.92 Å². The lowest BCUT2D eigenvalue weighted by Crippen LogP contribution is -2.41. The monoisotopic (exact) mass is 285 g/mol. The van der Waals surface area contributed by atoms with Gasteiger partial charge in [0.25, 0.3) is 5.91 Å². The molecule has 0 bridgehead atoms. The predicted molar refractivity (Wildman–Crippen MR) is 84.2 cm³/mol. The molecule has 0 atom stereocenters. The van der Waals surface area contributed by atoms with Gasteiger partial charge in [-0.2, -0.15) is 5.10 Å². The van der Waals surface area contributed by atoms with Crippen molar-refractivity contribution < 1.29 is 4.79 Å². The van der Waals surface area contributed by atoms with Gasteiger partial charge in [0.05, 0.1) is 5.52 Å².